The molecule has 6 aromatic rings. The maximum atomic E-state index is 12.6. The fourth-order valence-corrected chi connectivity index (χ4v) is 6.80. The summed E-state index contributed by atoms with van der Waals surface area (Å²) in [5, 5.41) is 16.2. The summed E-state index contributed by atoms with van der Waals surface area (Å²) in [6.45, 7) is 3.43. The van der Waals surface area contributed by atoms with Gasteiger partial charge >= 0.3 is 0 Å². The molecule has 1 atom stereocenters. The summed E-state index contributed by atoms with van der Waals surface area (Å²) in [5.41, 5.74) is 5.74. The number of ether oxygens (including phenoxy) is 1. The van der Waals surface area contributed by atoms with Gasteiger partial charge in [-0.25, -0.2) is 8.42 Å². The molecule has 0 bridgehead atoms. The van der Waals surface area contributed by atoms with Crippen molar-refractivity contribution < 1.29 is 23.1 Å². The zero-order valence-electron chi connectivity index (χ0n) is 27.5. The fourth-order valence-electron chi connectivity index (χ4n) is 5.92. The van der Waals surface area contributed by atoms with E-state index >= 15 is 0 Å². The van der Waals surface area contributed by atoms with E-state index in [0.717, 1.165) is 38.6 Å². The lowest BCUT2D eigenvalue weighted by molar-refractivity contribution is -0.116. The second-order valence-electron chi connectivity index (χ2n) is 12.1. The first-order valence-corrected chi connectivity index (χ1v) is 18.0. The normalized spacial score (nSPS) is 12.2. The topological polar surface area (TPSA) is 115 Å². The zero-order valence-corrected chi connectivity index (χ0v) is 28.4. The molecular formula is C39H40N4O5S. The molecule has 0 spiro atoms. The van der Waals surface area contributed by atoms with Crippen molar-refractivity contribution in [3.63, 3.8) is 0 Å². The van der Waals surface area contributed by atoms with Crippen LogP contribution in [0.15, 0.2) is 121 Å². The molecule has 0 radical (unpaired) electrons. The number of benzene rings is 5. The lowest BCUT2D eigenvalue weighted by Gasteiger charge is -2.24. The zero-order chi connectivity index (χ0) is 34.4. The van der Waals surface area contributed by atoms with Crippen LogP contribution in [0, 0.1) is 0 Å². The third-order valence-corrected chi connectivity index (χ3v) is 9.57. The summed E-state index contributed by atoms with van der Waals surface area (Å²) in [7, 11) is -3.55. The Morgan fingerprint density at radius 3 is 2.12 bits per heavy atom. The number of nitrogens with one attached hydrogen (secondary N) is 2. The first-order chi connectivity index (χ1) is 23.7. The number of sulfonamides is 1. The van der Waals surface area contributed by atoms with Gasteiger partial charge in [-0.1, -0.05) is 78.9 Å². The molecule has 252 valence electrons. The minimum atomic E-state index is -3.55. The van der Waals surface area contributed by atoms with E-state index < -0.39 is 16.1 Å². The number of aromatic nitrogens is 1. The molecule has 0 aliphatic carbocycles. The summed E-state index contributed by atoms with van der Waals surface area (Å²) >= 11 is 0. The van der Waals surface area contributed by atoms with Gasteiger partial charge in [-0.05, 0) is 53.1 Å². The molecule has 9 nitrogen and oxygen atoms in total. The molecule has 0 unspecified atom stereocenters. The van der Waals surface area contributed by atoms with Crippen LogP contribution in [-0.4, -0.2) is 50.4 Å². The van der Waals surface area contributed by atoms with Gasteiger partial charge in [-0.3, -0.25) is 9.10 Å². The van der Waals surface area contributed by atoms with E-state index in [1.54, 1.807) is 36.1 Å². The van der Waals surface area contributed by atoms with Gasteiger partial charge in [0.2, 0.25) is 15.9 Å². The van der Waals surface area contributed by atoms with Crippen molar-refractivity contribution in [3.05, 3.63) is 138 Å². The van der Waals surface area contributed by atoms with E-state index in [9.17, 15) is 18.3 Å². The van der Waals surface area contributed by atoms with Gasteiger partial charge < -0.3 is 25.0 Å². The molecule has 10 heteroatoms. The predicted molar refractivity (Wildman–Crippen MR) is 196 cm³/mol. The molecule has 3 N–H and O–H groups in total. The Labute approximate surface area is 286 Å². The van der Waals surface area contributed by atoms with Crippen LogP contribution >= 0.6 is 0 Å². The van der Waals surface area contributed by atoms with Crippen molar-refractivity contribution in [2.75, 3.05) is 35.2 Å². The smallest absolute Gasteiger partial charge is 0.232 e. The number of aromatic amines is 1. The van der Waals surface area contributed by atoms with Gasteiger partial charge in [-0.15, -0.1) is 0 Å². The van der Waals surface area contributed by atoms with E-state index in [0.29, 0.717) is 36.7 Å². The molecule has 1 heterocycles. The molecule has 1 aromatic heterocycles. The Morgan fingerprint density at radius 2 is 1.45 bits per heavy atom. The third kappa shape index (κ3) is 8.29. The van der Waals surface area contributed by atoms with Gasteiger partial charge in [0.15, 0.2) is 0 Å². The van der Waals surface area contributed by atoms with Crippen LogP contribution in [0.1, 0.15) is 29.7 Å². The second kappa shape index (κ2) is 14.9. The van der Waals surface area contributed by atoms with Crippen LogP contribution in [-0.2, 0) is 27.9 Å². The Balaban J connectivity index is 1.05. The predicted octanol–water partition coefficient (Wildman–Crippen LogP) is 6.54. The average molecular weight is 677 g/mol. The summed E-state index contributed by atoms with van der Waals surface area (Å²) in [6.07, 6.45) is 0.348. The molecule has 1 amide bonds. The number of aliphatic hydroxyl groups is 1. The number of carbonyl (C=O) groups is 1. The number of rotatable bonds is 14. The highest BCUT2D eigenvalue weighted by Gasteiger charge is 2.20. The van der Waals surface area contributed by atoms with E-state index in [2.05, 4.69) is 10.3 Å². The number of carbonyl (C=O) groups excluding carboxylic acids is 1. The molecule has 49 heavy (non-hydrogen) atoms. The lowest BCUT2D eigenvalue weighted by Crippen LogP contribution is -2.29. The maximum absolute atomic E-state index is 12.6. The van der Waals surface area contributed by atoms with E-state index in [-0.39, 0.29) is 19.0 Å². The number of nitrogens with zero attached hydrogens (tertiary/aromatic N) is 2. The number of amides is 1. The molecule has 5 aromatic carbocycles. The second-order valence-corrected chi connectivity index (χ2v) is 14.0. The van der Waals surface area contributed by atoms with E-state index in [1.807, 2.05) is 97.1 Å². The minimum absolute atomic E-state index is 0.0259. The van der Waals surface area contributed by atoms with Gasteiger partial charge in [0.1, 0.15) is 12.4 Å². The number of aliphatic hydroxyl groups excluding tert-OH is 1. The molecule has 0 aliphatic rings. The first-order valence-electron chi connectivity index (χ1n) is 16.2. The minimum Gasteiger partial charge on any atom is -0.492 e. The average Bonchev–Trinajstić information content (AvgIpc) is 3.46. The Morgan fingerprint density at radius 1 is 0.796 bits per heavy atom. The van der Waals surface area contributed by atoms with Gasteiger partial charge in [0.05, 0.1) is 36.7 Å². The van der Waals surface area contributed by atoms with E-state index in [1.165, 1.54) is 10.6 Å². The van der Waals surface area contributed by atoms with Crippen LogP contribution in [0.2, 0.25) is 0 Å². The number of fused-ring (bicyclic) bond motifs is 3. The highest BCUT2D eigenvalue weighted by Crippen LogP contribution is 2.32. The maximum Gasteiger partial charge on any atom is 0.232 e. The van der Waals surface area contributed by atoms with Gasteiger partial charge in [0.25, 0.3) is 0 Å². The van der Waals surface area contributed by atoms with Gasteiger partial charge in [0, 0.05) is 48.1 Å². The van der Waals surface area contributed by atoms with Crippen LogP contribution in [0.4, 0.5) is 11.4 Å². The summed E-state index contributed by atoms with van der Waals surface area (Å²) < 4.78 is 32.6. The Bertz CT molecular complexity index is 2150. The molecule has 0 aliphatic heterocycles. The monoisotopic (exact) mass is 676 g/mol. The number of hydrogen-bond donors (Lipinski definition) is 3. The highest BCUT2D eigenvalue weighted by atomic mass is 32.2. The Hall–Kier alpha value is -5.16. The highest BCUT2D eigenvalue weighted by molar-refractivity contribution is 7.92. The SMILES string of the molecule is CC(=O)N(Cc1ccccc1)c1ccc2c(c1)[nH]c1cc(OCCNC[C@H](O)c3cccc(N(Cc4ccccc4)S(C)(=O)=O)c3)ccc12. The summed E-state index contributed by atoms with van der Waals surface area (Å²) in [4.78, 5) is 17.8. The molecular weight excluding hydrogens is 637 g/mol. The van der Waals surface area contributed by atoms with Crippen LogP contribution in [0.5, 0.6) is 5.75 Å². The van der Waals surface area contributed by atoms with Crippen molar-refractivity contribution in [3.8, 4) is 5.75 Å². The van der Waals surface area contributed by atoms with Crippen LogP contribution in [0.25, 0.3) is 21.8 Å². The van der Waals surface area contributed by atoms with E-state index in [4.69, 9.17) is 4.74 Å². The van der Waals surface area contributed by atoms with Crippen LogP contribution in [0.3, 0.4) is 0 Å². The summed E-state index contributed by atoms with van der Waals surface area (Å²) in [6, 6.07) is 38.3. The quantitative estimate of drug-likeness (QED) is 0.113. The van der Waals surface area contributed by atoms with Crippen molar-refractivity contribution in [1.29, 1.82) is 0 Å². The fraction of sp³-hybridized carbons (Fsp3) is 0.205. The van der Waals surface area contributed by atoms with Crippen molar-refractivity contribution in [1.82, 2.24) is 10.3 Å². The number of hydrogen-bond acceptors (Lipinski definition) is 6. The first kappa shape index (κ1) is 33.7. The third-order valence-electron chi connectivity index (χ3n) is 8.43. The number of H-pyrrole nitrogens is 1. The molecule has 0 fully saturated rings. The lowest BCUT2D eigenvalue weighted by atomic mass is 10.1. The molecule has 0 saturated heterocycles. The van der Waals surface area contributed by atoms with Gasteiger partial charge in [-0.2, -0.15) is 0 Å². The summed E-state index contributed by atoms with van der Waals surface area (Å²) in [5.74, 6) is 0.685. The van der Waals surface area contributed by atoms with Crippen molar-refractivity contribution >= 4 is 49.1 Å². The van der Waals surface area contributed by atoms with Crippen molar-refractivity contribution in [2.45, 2.75) is 26.1 Å². The molecule has 0 saturated carbocycles. The Kier molecular flexibility index (Phi) is 10.3. The number of anilines is 2. The van der Waals surface area contributed by atoms with Crippen LogP contribution < -0.4 is 19.3 Å². The largest absolute Gasteiger partial charge is 0.492 e. The van der Waals surface area contributed by atoms with Crippen molar-refractivity contribution in [2.24, 2.45) is 0 Å². The standard InChI is InChI=1S/C39H40N4O5S/c1-28(44)42(26-29-10-5-3-6-11-29)32-16-18-35-36-19-17-34(24-38(36)41-37(35)23-32)48-21-20-40-25-39(45)31-14-9-15-33(22-31)43(49(2,46)47)27-30-12-7-4-8-13-30/h3-19,22-24,39-41,45H,20-21,25-27H2,1-2H3/t39-/m0/s1. The molecule has 6 rings (SSSR count).